The molecule has 0 aromatic heterocycles. The maximum Gasteiger partial charge on any atom is 0.136 e. The normalized spacial score (nSPS) is 29.5. The number of carbonyl (C=O) groups is 1. The summed E-state index contributed by atoms with van der Waals surface area (Å²) in [4.78, 5) is 11.7. The van der Waals surface area contributed by atoms with E-state index in [4.69, 9.17) is 9.47 Å². The molecule has 2 fully saturated rings. The van der Waals surface area contributed by atoms with Crippen molar-refractivity contribution < 1.29 is 14.3 Å². The number of carbonyl (C=O) groups excluding carboxylic acids is 1. The summed E-state index contributed by atoms with van der Waals surface area (Å²) < 4.78 is 11.2. The molecule has 0 spiro atoms. The molecule has 1 aromatic rings. The van der Waals surface area contributed by atoms with Crippen LogP contribution in [0.4, 0.5) is 0 Å². The molecule has 1 aromatic carbocycles. The fourth-order valence-corrected chi connectivity index (χ4v) is 3.44. The van der Waals surface area contributed by atoms with Crippen molar-refractivity contribution in [2.75, 3.05) is 7.11 Å². The van der Waals surface area contributed by atoms with E-state index in [1.807, 2.05) is 24.3 Å². The number of fused-ring (bicyclic) bond motifs is 1. The lowest BCUT2D eigenvalue weighted by atomic mass is 9.99. The Labute approximate surface area is 113 Å². The first kappa shape index (κ1) is 12.7. The van der Waals surface area contributed by atoms with Gasteiger partial charge in [-0.05, 0) is 42.9 Å². The maximum atomic E-state index is 11.7. The Morgan fingerprint density at radius 3 is 2.68 bits per heavy atom. The minimum absolute atomic E-state index is 0.276. The van der Waals surface area contributed by atoms with Gasteiger partial charge in [-0.25, -0.2) is 0 Å². The second-order valence-electron chi connectivity index (χ2n) is 5.55. The second kappa shape index (κ2) is 5.33. The first-order valence-corrected chi connectivity index (χ1v) is 7.05. The number of ether oxygens (including phenoxy) is 2. The van der Waals surface area contributed by atoms with E-state index in [1.54, 1.807) is 7.11 Å². The molecule has 102 valence electrons. The van der Waals surface area contributed by atoms with Crippen molar-refractivity contribution in [3.8, 4) is 5.75 Å². The number of methoxy groups -OCH3 is 1. The minimum atomic E-state index is 0.276. The summed E-state index contributed by atoms with van der Waals surface area (Å²) in [6.45, 7) is 0.631. The van der Waals surface area contributed by atoms with Crippen LogP contribution >= 0.6 is 0 Å². The quantitative estimate of drug-likeness (QED) is 0.835. The molecule has 0 bridgehead atoms. The van der Waals surface area contributed by atoms with E-state index in [0.717, 1.165) is 37.0 Å². The molecule has 2 unspecified atom stereocenters. The van der Waals surface area contributed by atoms with E-state index in [0.29, 0.717) is 24.2 Å². The molecule has 0 heterocycles. The SMILES string of the molecule is COc1ccc(COC2CC[C@@H]3C(=O)CCC23)cc1. The molecule has 2 aliphatic rings. The van der Waals surface area contributed by atoms with Gasteiger partial charge in [0.1, 0.15) is 11.5 Å². The number of hydrogen-bond acceptors (Lipinski definition) is 3. The third kappa shape index (κ3) is 2.52. The van der Waals surface area contributed by atoms with Gasteiger partial charge in [-0.3, -0.25) is 4.79 Å². The second-order valence-corrected chi connectivity index (χ2v) is 5.55. The third-order valence-corrected chi connectivity index (χ3v) is 4.52. The molecular weight excluding hydrogens is 240 g/mol. The molecule has 2 aliphatic carbocycles. The largest absolute Gasteiger partial charge is 0.497 e. The Balaban J connectivity index is 1.56. The molecule has 3 rings (SSSR count). The molecule has 3 nitrogen and oxygen atoms in total. The lowest BCUT2D eigenvalue weighted by molar-refractivity contribution is -0.121. The monoisotopic (exact) mass is 260 g/mol. The Morgan fingerprint density at radius 1 is 1.16 bits per heavy atom. The highest BCUT2D eigenvalue weighted by Gasteiger charge is 2.44. The zero-order valence-corrected chi connectivity index (χ0v) is 11.3. The first-order valence-electron chi connectivity index (χ1n) is 7.05. The van der Waals surface area contributed by atoms with Crippen molar-refractivity contribution in [2.45, 2.75) is 38.4 Å². The number of benzene rings is 1. The van der Waals surface area contributed by atoms with Gasteiger partial charge < -0.3 is 9.47 Å². The number of rotatable bonds is 4. The lowest BCUT2D eigenvalue weighted by Gasteiger charge is -2.18. The highest BCUT2D eigenvalue weighted by Crippen LogP contribution is 2.43. The van der Waals surface area contributed by atoms with Crippen LogP contribution in [0.15, 0.2) is 24.3 Å². The van der Waals surface area contributed by atoms with E-state index >= 15 is 0 Å². The number of ketones is 1. The predicted molar refractivity (Wildman–Crippen MR) is 72.0 cm³/mol. The van der Waals surface area contributed by atoms with Gasteiger partial charge in [0.25, 0.3) is 0 Å². The average Bonchev–Trinajstić information content (AvgIpc) is 3.01. The standard InChI is InChI=1S/C16H20O3/c1-18-12-4-2-11(3-5-12)10-19-16-9-7-13-14(16)6-8-15(13)17/h2-5,13-14,16H,6-10H2,1H3/t13-,14?,16?/m0/s1. The van der Waals surface area contributed by atoms with E-state index in [9.17, 15) is 4.79 Å². The fourth-order valence-electron chi connectivity index (χ4n) is 3.44. The molecular formula is C16H20O3. The molecule has 3 heteroatoms. The summed E-state index contributed by atoms with van der Waals surface area (Å²) in [5, 5.41) is 0. The van der Waals surface area contributed by atoms with Crippen LogP contribution in [0.3, 0.4) is 0 Å². The van der Waals surface area contributed by atoms with Gasteiger partial charge in [-0.15, -0.1) is 0 Å². The van der Waals surface area contributed by atoms with Crippen LogP contribution in [0, 0.1) is 11.8 Å². The van der Waals surface area contributed by atoms with Crippen LogP contribution in [0.2, 0.25) is 0 Å². The van der Waals surface area contributed by atoms with E-state index in [2.05, 4.69) is 0 Å². The molecule has 0 amide bonds. The highest BCUT2D eigenvalue weighted by atomic mass is 16.5. The summed E-state index contributed by atoms with van der Waals surface area (Å²) in [5.74, 6) is 2.10. The molecule has 0 aliphatic heterocycles. The number of Topliss-reactive ketones (excluding diaryl/α,β-unsaturated/α-hetero) is 1. The molecule has 0 saturated heterocycles. The third-order valence-electron chi connectivity index (χ3n) is 4.52. The van der Waals surface area contributed by atoms with Crippen molar-refractivity contribution in [3.05, 3.63) is 29.8 Å². The Kier molecular flexibility index (Phi) is 3.56. The van der Waals surface area contributed by atoms with Crippen molar-refractivity contribution in [3.63, 3.8) is 0 Å². The van der Waals surface area contributed by atoms with Crippen molar-refractivity contribution in [1.29, 1.82) is 0 Å². The predicted octanol–water partition coefficient (Wildman–Crippen LogP) is 2.97. The summed E-state index contributed by atoms with van der Waals surface area (Å²) in [5.41, 5.74) is 1.16. The van der Waals surface area contributed by atoms with Crippen LogP contribution in [0.5, 0.6) is 5.75 Å². The van der Waals surface area contributed by atoms with Gasteiger partial charge in [-0.2, -0.15) is 0 Å². The molecule has 2 saturated carbocycles. The minimum Gasteiger partial charge on any atom is -0.497 e. The summed E-state index contributed by atoms with van der Waals surface area (Å²) in [7, 11) is 1.67. The van der Waals surface area contributed by atoms with Gasteiger partial charge in [0.15, 0.2) is 0 Å². The molecule has 19 heavy (non-hydrogen) atoms. The van der Waals surface area contributed by atoms with Gasteiger partial charge in [0.2, 0.25) is 0 Å². The fraction of sp³-hybridized carbons (Fsp3) is 0.562. The summed E-state index contributed by atoms with van der Waals surface area (Å²) in [6.07, 6.45) is 4.13. The Bertz CT molecular complexity index is 452. The molecule has 0 radical (unpaired) electrons. The average molecular weight is 260 g/mol. The molecule has 3 atom stereocenters. The number of hydrogen-bond donors (Lipinski definition) is 0. The van der Waals surface area contributed by atoms with Crippen molar-refractivity contribution in [2.24, 2.45) is 11.8 Å². The van der Waals surface area contributed by atoms with Crippen LogP contribution in [-0.4, -0.2) is 19.0 Å². The van der Waals surface area contributed by atoms with Gasteiger partial charge >= 0.3 is 0 Å². The summed E-state index contributed by atoms with van der Waals surface area (Å²) >= 11 is 0. The van der Waals surface area contributed by atoms with Gasteiger partial charge in [0, 0.05) is 12.3 Å². The smallest absolute Gasteiger partial charge is 0.136 e. The molecule has 0 N–H and O–H groups in total. The maximum absolute atomic E-state index is 11.7. The van der Waals surface area contributed by atoms with E-state index in [-0.39, 0.29) is 6.10 Å². The van der Waals surface area contributed by atoms with E-state index < -0.39 is 0 Å². The topological polar surface area (TPSA) is 35.5 Å². The van der Waals surface area contributed by atoms with Crippen LogP contribution < -0.4 is 4.74 Å². The lowest BCUT2D eigenvalue weighted by Crippen LogP contribution is -2.20. The Hall–Kier alpha value is -1.35. The van der Waals surface area contributed by atoms with Gasteiger partial charge in [0.05, 0.1) is 19.8 Å². The van der Waals surface area contributed by atoms with Crippen molar-refractivity contribution in [1.82, 2.24) is 0 Å². The first-order chi connectivity index (χ1) is 9.28. The van der Waals surface area contributed by atoms with Gasteiger partial charge in [-0.1, -0.05) is 12.1 Å². The summed E-state index contributed by atoms with van der Waals surface area (Å²) in [6, 6.07) is 7.97. The van der Waals surface area contributed by atoms with Crippen LogP contribution in [0.1, 0.15) is 31.2 Å². The van der Waals surface area contributed by atoms with E-state index in [1.165, 1.54) is 0 Å². The zero-order chi connectivity index (χ0) is 13.2. The Morgan fingerprint density at radius 2 is 1.95 bits per heavy atom. The van der Waals surface area contributed by atoms with Crippen molar-refractivity contribution >= 4 is 5.78 Å². The van der Waals surface area contributed by atoms with Crippen LogP contribution in [-0.2, 0) is 16.1 Å². The highest BCUT2D eigenvalue weighted by molar-refractivity contribution is 5.83. The zero-order valence-electron chi connectivity index (χ0n) is 11.3. The van der Waals surface area contributed by atoms with Crippen LogP contribution in [0.25, 0.3) is 0 Å².